The average Bonchev–Trinajstić information content (AvgIpc) is 3.20. The van der Waals surface area contributed by atoms with Crippen LogP contribution in [0.5, 0.6) is 0 Å². The van der Waals surface area contributed by atoms with Crippen molar-refractivity contribution in [3.8, 4) is 11.5 Å². The van der Waals surface area contributed by atoms with E-state index in [0.717, 1.165) is 10.4 Å². The van der Waals surface area contributed by atoms with E-state index in [0.29, 0.717) is 31.1 Å². The summed E-state index contributed by atoms with van der Waals surface area (Å²) in [5.74, 6) is 1.00. The number of carbonyl (C=O) groups is 1. The second-order valence-corrected chi connectivity index (χ2v) is 5.65. The summed E-state index contributed by atoms with van der Waals surface area (Å²) < 4.78 is 5.18. The molecule has 0 saturated heterocycles. The normalized spacial score (nSPS) is 10.5. The van der Waals surface area contributed by atoms with E-state index in [1.165, 1.54) is 0 Å². The van der Waals surface area contributed by atoms with Crippen LogP contribution in [0.15, 0.2) is 46.6 Å². The molecule has 0 aliphatic heterocycles. The number of nitrogens with zero attached hydrogens (tertiary/aromatic N) is 3. The predicted octanol–water partition coefficient (Wildman–Crippen LogP) is 2.09. The Kier molecular flexibility index (Phi) is 4.55. The molecule has 0 atom stereocenters. The molecule has 112 valence electrons. The molecule has 1 amide bonds. The number of rotatable bonds is 6. The Labute approximate surface area is 131 Å². The molecule has 0 aliphatic rings. The highest BCUT2D eigenvalue weighted by molar-refractivity contribution is 7.10. The molecule has 0 radical (unpaired) electrons. The van der Waals surface area contributed by atoms with Crippen LogP contribution in [0.1, 0.15) is 10.7 Å². The van der Waals surface area contributed by atoms with Gasteiger partial charge in [-0.2, -0.15) is 4.98 Å². The van der Waals surface area contributed by atoms with Crippen molar-refractivity contribution in [2.75, 3.05) is 6.54 Å². The van der Waals surface area contributed by atoms with Gasteiger partial charge in [0.1, 0.15) is 0 Å². The lowest BCUT2D eigenvalue weighted by molar-refractivity contribution is -0.120. The first-order valence-corrected chi connectivity index (χ1v) is 7.71. The summed E-state index contributed by atoms with van der Waals surface area (Å²) in [6.45, 7) is 0.482. The quantitative estimate of drug-likeness (QED) is 0.753. The van der Waals surface area contributed by atoms with Gasteiger partial charge in [-0.1, -0.05) is 11.2 Å². The highest BCUT2D eigenvalue weighted by Crippen LogP contribution is 2.15. The van der Waals surface area contributed by atoms with E-state index < -0.39 is 0 Å². The van der Waals surface area contributed by atoms with Gasteiger partial charge in [0, 0.05) is 30.2 Å². The molecule has 0 saturated carbocycles. The number of carbonyl (C=O) groups excluding carboxylic acids is 1. The Morgan fingerprint density at radius 3 is 3.05 bits per heavy atom. The molecule has 3 aromatic heterocycles. The molecule has 0 bridgehead atoms. The number of hydrogen-bond acceptors (Lipinski definition) is 6. The van der Waals surface area contributed by atoms with Crippen LogP contribution in [0.4, 0.5) is 0 Å². The molecule has 0 unspecified atom stereocenters. The van der Waals surface area contributed by atoms with Crippen molar-refractivity contribution in [1.29, 1.82) is 0 Å². The van der Waals surface area contributed by atoms with Crippen LogP contribution in [0.2, 0.25) is 0 Å². The van der Waals surface area contributed by atoms with Crippen molar-refractivity contribution in [2.24, 2.45) is 0 Å². The first kappa shape index (κ1) is 14.4. The van der Waals surface area contributed by atoms with Gasteiger partial charge in [-0.15, -0.1) is 11.3 Å². The maximum Gasteiger partial charge on any atom is 0.259 e. The van der Waals surface area contributed by atoms with E-state index in [1.54, 1.807) is 23.7 Å². The van der Waals surface area contributed by atoms with Gasteiger partial charge in [-0.25, -0.2) is 0 Å². The van der Waals surface area contributed by atoms with Crippen LogP contribution in [-0.4, -0.2) is 27.6 Å². The molecule has 3 rings (SSSR count). The zero-order valence-corrected chi connectivity index (χ0v) is 12.5. The Morgan fingerprint density at radius 1 is 1.32 bits per heavy atom. The summed E-state index contributed by atoms with van der Waals surface area (Å²) in [5, 5.41) is 8.71. The summed E-state index contributed by atoms with van der Waals surface area (Å²) in [6, 6.07) is 7.55. The second-order valence-electron chi connectivity index (χ2n) is 4.61. The molecule has 1 N–H and O–H groups in total. The third-order valence-corrected chi connectivity index (χ3v) is 3.84. The van der Waals surface area contributed by atoms with Gasteiger partial charge in [0.05, 0.1) is 12.0 Å². The van der Waals surface area contributed by atoms with Gasteiger partial charge in [0.25, 0.3) is 5.89 Å². The number of pyridine rings is 1. The van der Waals surface area contributed by atoms with E-state index >= 15 is 0 Å². The molecule has 22 heavy (non-hydrogen) atoms. The minimum atomic E-state index is -0.00146. The fourth-order valence-electron chi connectivity index (χ4n) is 1.91. The number of hydrogen-bond donors (Lipinski definition) is 1. The van der Waals surface area contributed by atoms with E-state index in [-0.39, 0.29) is 5.91 Å². The molecule has 0 spiro atoms. The summed E-state index contributed by atoms with van der Waals surface area (Å²) in [6.07, 6.45) is 4.29. The first-order valence-electron chi connectivity index (χ1n) is 6.83. The molecule has 7 heteroatoms. The van der Waals surface area contributed by atoms with Gasteiger partial charge < -0.3 is 9.84 Å². The summed E-state index contributed by atoms with van der Waals surface area (Å²) >= 11 is 1.58. The molecule has 0 fully saturated rings. The van der Waals surface area contributed by atoms with E-state index in [2.05, 4.69) is 20.4 Å². The third-order valence-electron chi connectivity index (χ3n) is 2.96. The third kappa shape index (κ3) is 3.76. The fraction of sp³-hybridized carbons (Fsp3) is 0.200. The fourth-order valence-corrected chi connectivity index (χ4v) is 2.61. The highest BCUT2D eigenvalue weighted by Gasteiger charge is 2.09. The smallest absolute Gasteiger partial charge is 0.259 e. The summed E-state index contributed by atoms with van der Waals surface area (Å²) in [7, 11) is 0. The molecular formula is C15H14N4O2S. The van der Waals surface area contributed by atoms with Crippen molar-refractivity contribution in [3.63, 3.8) is 0 Å². The second kappa shape index (κ2) is 6.95. The van der Waals surface area contributed by atoms with E-state index in [9.17, 15) is 4.79 Å². The lowest BCUT2D eigenvalue weighted by atomic mass is 10.3. The van der Waals surface area contributed by atoms with Crippen molar-refractivity contribution in [3.05, 3.63) is 52.7 Å². The Bertz CT molecular complexity index is 725. The van der Waals surface area contributed by atoms with Crippen LogP contribution >= 0.6 is 11.3 Å². The first-order chi connectivity index (χ1) is 10.8. The monoisotopic (exact) mass is 314 g/mol. The topological polar surface area (TPSA) is 80.9 Å². The Morgan fingerprint density at radius 2 is 2.27 bits per heavy atom. The maximum atomic E-state index is 11.8. The lowest BCUT2D eigenvalue weighted by Gasteiger charge is -2.01. The molecule has 3 heterocycles. The standard InChI is InChI=1S/C15H14N4O2S/c20-14(9-12-4-2-8-22-12)17-7-5-13-18-15(21-19-13)11-3-1-6-16-10-11/h1-4,6,8,10H,5,7,9H2,(H,17,20). The van der Waals surface area contributed by atoms with Crippen LogP contribution < -0.4 is 5.32 Å². The van der Waals surface area contributed by atoms with Gasteiger partial charge >= 0.3 is 0 Å². The molecule has 3 aromatic rings. The zero-order valence-electron chi connectivity index (χ0n) is 11.7. The predicted molar refractivity (Wildman–Crippen MR) is 82.3 cm³/mol. The average molecular weight is 314 g/mol. The van der Waals surface area contributed by atoms with Crippen molar-refractivity contribution in [1.82, 2.24) is 20.4 Å². The summed E-state index contributed by atoms with van der Waals surface area (Å²) in [5.41, 5.74) is 0.781. The minimum absolute atomic E-state index is 0.00146. The van der Waals surface area contributed by atoms with Crippen molar-refractivity contribution >= 4 is 17.2 Å². The SMILES string of the molecule is O=C(Cc1cccs1)NCCc1noc(-c2cccnc2)n1. The van der Waals surface area contributed by atoms with Crippen molar-refractivity contribution < 1.29 is 9.32 Å². The van der Waals surface area contributed by atoms with Gasteiger partial charge in [-0.05, 0) is 23.6 Å². The number of aromatic nitrogens is 3. The van der Waals surface area contributed by atoms with E-state index in [4.69, 9.17) is 4.52 Å². The van der Waals surface area contributed by atoms with Gasteiger partial charge in [-0.3, -0.25) is 9.78 Å². The lowest BCUT2D eigenvalue weighted by Crippen LogP contribution is -2.27. The maximum absolute atomic E-state index is 11.8. The molecule has 6 nitrogen and oxygen atoms in total. The van der Waals surface area contributed by atoms with Crippen LogP contribution in [0, 0.1) is 0 Å². The molecule has 0 aromatic carbocycles. The molecule has 0 aliphatic carbocycles. The highest BCUT2D eigenvalue weighted by atomic mass is 32.1. The minimum Gasteiger partial charge on any atom is -0.355 e. The van der Waals surface area contributed by atoms with Gasteiger partial charge in [0.15, 0.2) is 5.82 Å². The molecular weight excluding hydrogens is 300 g/mol. The number of nitrogens with one attached hydrogen (secondary N) is 1. The number of thiophene rings is 1. The zero-order chi connectivity index (χ0) is 15.2. The summed E-state index contributed by atoms with van der Waals surface area (Å²) in [4.78, 5) is 21.1. The van der Waals surface area contributed by atoms with Crippen LogP contribution in [0.25, 0.3) is 11.5 Å². The van der Waals surface area contributed by atoms with Crippen molar-refractivity contribution in [2.45, 2.75) is 12.8 Å². The van der Waals surface area contributed by atoms with Gasteiger partial charge in [0.2, 0.25) is 5.91 Å². The van der Waals surface area contributed by atoms with Crippen LogP contribution in [0.3, 0.4) is 0 Å². The van der Waals surface area contributed by atoms with E-state index in [1.807, 2.05) is 29.6 Å². The Hall–Kier alpha value is -2.54. The number of amides is 1. The van der Waals surface area contributed by atoms with Crippen LogP contribution in [-0.2, 0) is 17.6 Å². The largest absolute Gasteiger partial charge is 0.355 e. The Balaban J connectivity index is 1.48.